The Kier molecular flexibility index (Phi) is 1.23. The minimum Gasteiger partial charge on any atom is -0.385 e. The molecule has 3 rings (SSSR count). The van der Waals surface area contributed by atoms with Crippen LogP contribution in [-0.2, 0) is 4.79 Å². The maximum Gasteiger partial charge on any atom is 0.164 e. The second-order valence-corrected chi connectivity index (χ2v) is 4.46. The van der Waals surface area contributed by atoms with Gasteiger partial charge in [-0.05, 0) is 24.2 Å². The van der Waals surface area contributed by atoms with E-state index < -0.39 is 6.10 Å². The zero-order valence-electron chi connectivity index (χ0n) is 7.00. The fraction of sp³-hybridized carbons (Fsp3) is 0.889. The molecule has 3 aliphatic carbocycles. The SMILES string of the molecule is CC1(C)[C@@H]2C[C@@H](O)C(=O)[C@H]1C2. The van der Waals surface area contributed by atoms with Gasteiger partial charge in [-0.1, -0.05) is 13.8 Å². The van der Waals surface area contributed by atoms with Crippen molar-refractivity contribution in [3.63, 3.8) is 0 Å². The molecule has 2 heteroatoms. The average molecular weight is 154 g/mol. The van der Waals surface area contributed by atoms with E-state index in [-0.39, 0.29) is 17.1 Å². The van der Waals surface area contributed by atoms with Crippen molar-refractivity contribution in [2.24, 2.45) is 17.3 Å². The van der Waals surface area contributed by atoms with Gasteiger partial charge in [0.1, 0.15) is 6.10 Å². The van der Waals surface area contributed by atoms with E-state index in [0.29, 0.717) is 12.3 Å². The minimum atomic E-state index is -0.647. The fourth-order valence-corrected chi connectivity index (χ4v) is 2.52. The van der Waals surface area contributed by atoms with Gasteiger partial charge in [-0.2, -0.15) is 0 Å². The highest BCUT2D eigenvalue weighted by Gasteiger charge is 2.57. The number of aliphatic hydroxyl groups is 1. The van der Waals surface area contributed by atoms with E-state index in [1.54, 1.807) is 0 Å². The molecule has 3 atom stereocenters. The van der Waals surface area contributed by atoms with Crippen LogP contribution in [0.15, 0.2) is 0 Å². The molecule has 3 saturated carbocycles. The van der Waals surface area contributed by atoms with Crippen LogP contribution < -0.4 is 0 Å². The molecule has 0 aliphatic heterocycles. The number of aliphatic hydroxyl groups excluding tert-OH is 1. The van der Waals surface area contributed by atoms with Gasteiger partial charge in [0.2, 0.25) is 0 Å². The van der Waals surface area contributed by atoms with Gasteiger partial charge >= 0.3 is 0 Å². The maximum atomic E-state index is 11.3. The Labute approximate surface area is 66.6 Å². The van der Waals surface area contributed by atoms with Gasteiger partial charge in [0.25, 0.3) is 0 Å². The Morgan fingerprint density at radius 1 is 1.45 bits per heavy atom. The van der Waals surface area contributed by atoms with E-state index in [4.69, 9.17) is 0 Å². The third-order valence-corrected chi connectivity index (χ3v) is 3.65. The molecule has 2 bridgehead atoms. The van der Waals surface area contributed by atoms with Crippen LogP contribution in [0.25, 0.3) is 0 Å². The normalized spacial score (nSPS) is 46.8. The standard InChI is InChI=1S/C9H14O2/c1-9(2)5-3-6(9)8(11)7(10)4-5/h5-7,10H,3-4H2,1-2H3/t5-,6+,7+/m0/s1. The van der Waals surface area contributed by atoms with Gasteiger partial charge in [-0.3, -0.25) is 4.79 Å². The summed E-state index contributed by atoms with van der Waals surface area (Å²) >= 11 is 0. The summed E-state index contributed by atoms with van der Waals surface area (Å²) in [4.78, 5) is 11.3. The van der Waals surface area contributed by atoms with Crippen LogP contribution in [0.2, 0.25) is 0 Å². The van der Waals surface area contributed by atoms with Gasteiger partial charge in [0.05, 0.1) is 0 Å². The van der Waals surface area contributed by atoms with Crippen molar-refractivity contribution in [1.29, 1.82) is 0 Å². The number of hydrogen-bond acceptors (Lipinski definition) is 2. The molecule has 0 aromatic carbocycles. The Bertz CT molecular complexity index is 208. The Balaban J connectivity index is 2.23. The minimum absolute atomic E-state index is 0.0810. The van der Waals surface area contributed by atoms with E-state index in [0.717, 1.165) is 6.42 Å². The molecule has 0 aromatic rings. The third-order valence-electron chi connectivity index (χ3n) is 3.65. The lowest BCUT2D eigenvalue weighted by Crippen LogP contribution is -2.58. The molecular formula is C9H14O2. The molecule has 3 aliphatic rings. The van der Waals surface area contributed by atoms with E-state index >= 15 is 0 Å². The molecular weight excluding hydrogens is 140 g/mol. The first kappa shape index (κ1) is 7.29. The summed E-state index contributed by atoms with van der Waals surface area (Å²) in [5.41, 5.74) is 0.177. The second-order valence-electron chi connectivity index (χ2n) is 4.46. The maximum absolute atomic E-state index is 11.3. The number of fused-ring (bicyclic) bond motifs is 2. The first-order valence-electron chi connectivity index (χ1n) is 4.25. The van der Waals surface area contributed by atoms with Gasteiger partial charge < -0.3 is 5.11 Å². The molecule has 11 heavy (non-hydrogen) atoms. The molecule has 0 radical (unpaired) electrons. The van der Waals surface area contributed by atoms with Crippen molar-refractivity contribution in [1.82, 2.24) is 0 Å². The van der Waals surface area contributed by atoms with E-state index in [1.807, 2.05) is 0 Å². The van der Waals surface area contributed by atoms with Crippen molar-refractivity contribution < 1.29 is 9.90 Å². The summed E-state index contributed by atoms with van der Waals surface area (Å²) in [5.74, 6) is 0.814. The lowest BCUT2D eigenvalue weighted by molar-refractivity contribution is -0.164. The highest BCUT2D eigenvalue weighted by atomic mass is 16.3. The first-order valence-corrected chi connectivity index (χ1v) is 4.25. The molecule has 62 valence electrons. The van der Waals surface area contributed by atoms with E-state index in [2.05, 4.69) is 13.8 Å². The van der Waals surface area contributed by atoms with Crippen LogP contribution in [0.1, 0.15) is 26.7 Å². The summed E-state index contributed by atoms with van der Waals surface area (Å²) in [6, 6.07) is 0. The lowest BCUT2D eigenvalue weighted by Gasteiger charge is -2.56. The molecule has 1 N–H and O–H groups in total. The number of Topliss-reactive ketones (excluding diaryl/α,β-unsaturated/α-hetero) is 1. The Morgan fingerprint density at radius 2 is 2.09 bits per heavy atom. The van der Waals surface area contributed by atoms with Crippen molar-refractivity contribution in [2.75, 3.05) is 0 Å². The third kappa shape index (κ3) is 0.734. The molecule has 2 nitrogen and oxygen atoms in total. The van der Waals surface area contributed by atoms with Crippen molar-refractivity contribution in [3.8, 4) is 0 Å². The van der Waals surface area contributed by atoms with Crippen LogP contribution in [0, 0.1) is 17.3 Å². The lowest BCUT2D eigenvalue weighted by atomic mass is 9.48. The molecule has 0 aromatic heterocycles. The van der Waals surface area contributed by atoms with E-state index in [1.165, 1.54) is 0 Å². The monoisotopic (exact) mass is 154 g/mol. The summed E-state index contributed by atoms with van der Waals surface area (Å²) in [6.07, 6.45) is 1.07. The second kappa shape index (κ2) is 1.86. The number of hydrogen-bond donors (Lipinski definition) is 1. The predicted molar refractivity (Wildman–Crippen MR) is 41.0 cm³/mol. The molecule has 0 amide bonds. The molecule has 0 heterocycles. The van der Waals surface area contributed by atoms with Crippen molar-refractivity contribution in [3.05, 3.63) is 0 Å². The molecule has 0 unspecified atom stereocenters. The van der Waals surface area contributed by atoms with Crippen LogP contribution in [-0.4, -0.2) is 17.0 Å². The highest BCUT2D eigenvalue weighted by molar-refractivity contribution is 5.88. The van der Waals surface area contributed by atoms with Gasteiger partial charge in [-0.15, -0.1) is 0 Å². The largest absolute Gasteiger partial charge is 0.385 e. The zero-order valence-corrected chi connectivity index (χ0v) is 7.00. The van der Waals surface area contributed by atoms with Gasteiger partial charge in [-0.25, -0.2) is 0 Å². The fourth-order valence-electron chi connectivity index (χ4n) is 2.52. The van der Waals surface area contributed by atoms with Gasteiger partial charge in [0, 0.05) is 5.92 Å². The van der Waals surface area contributed by atoms with Crippen molar-refractivity contribution >= 4 is 5.78 Å². The molecule has 0 spiro atoms. The van der Waals surface area contributed by atoms with Crippen LogP contribution >= 0.6 is 0 Å². The van der Waals surface area contributed by atoms with E-state index in [9.17, 15) is 9.90 Å². The zero-order chi connectivity index (χ0) is 8.22. The number of ketones is 1. The summed E-state index contributed by atoms with van der Waals surface area (Å²) in [5, 5.41) is 9.26. The molecule has 3 fully saturated rings. The summed E-state index contributed by atoms with van der Waals surface area (Å²) in [7, 11) is 0. The quantitative estimate of drug-likeness (QED) is 0.564. The van der Waals surface area contributed by atoms with Gasteiger partial charge in [0.15, 0.2) is 5.78 Å². The summed E-state index contributed by atoms with van der Waals surface area (Å²) in [6.45, 7) is 4.27. The smallest absolute Gasteiger partial charge is 0.164 e. The first-order chi connectivity index (χ1) is 5.03. The summed E-state index contributed by atoms with van der Waals surface area (Å²) < 4.78 is 0. The molecule has 0 saturated heterocycles. The Hall–Kier alpha value is -0.370. The van der Waals surface area contributed by atoms with Crippen LogP contribution in [0.4, 0.5) is 0 Å². The highest BCUT2D eigenvalue weighted by Crippen LogP contribution is 2.57. The Morgan fingerprint density at radius 3 is 2.45 bits per heavy atom. The average Bonchev–Trinajstić information content (AvgIpc) is 1.93. The number of rotatable bonds is 0. The van der Waals surface area contributed by atoms with Crippen LogP contribution in [0.5, 0.6) is 0 Å². The van der Waals surface area contributed by atoms with Crippen molar-refractivity contribution in [2.45, 2.75) is 32.8 Å². The topological polar surface area (TPSA) is 37.3 Å². The van der Waals surface area contributed by atoms with Crippen LogP contribution in [0.3, 0.4) is 0 Å². The number of carbonyl (C=O) groups excluding carboxylic acids is 1. The number of carbonyl (C=O) groups is 1. The predicted octanol–water partition coefficient (Wildman–Crippen LogP) is 0.982.